The molecule has 0 aromatic heterocycles. The Morgan fingerprint density at radius 1 is 1.48 bits per heavy atom. The maximum Gasteiger partial charge on any atom is 0.243 e. The molecule has 1 aliphatic heterocycles. The minimum Gasteiger partial charge on any atom is -0.396 e. The van der Waals surface area contributed by atoms with Gasteiger partial charge in [0.25, 0.3) is 0 Å². The van der Waals surface area contributed by atoms with Crippen molar-refractivity contribution < 1.29 is 13.5 Å². The first-order valence-corrected chi connectivity index (χ1v) is 8.55. The van der Waals surface area contributed by atoms with Crippen molar-refractivity contribution in [2.75, 3.05) is 19.7 Å². The highest BCUT2D eigenvalue weighted by atomic mass is 32.2. The number of aliphatic hydroxyl groups is 1. The summed E-state index contributed by atoms with van der Waals surface area (Å²) in [6.07, 6.45) is 2.41. The van der Waals surface area contributed by atoms with Gasteiger partial charge < -0.3 is 5.11 Å². The zero-order chi connectivity index (χ0) is 15.5. The van der Waals surface area contributed by atoms with Gasteiger partial charge in [-0.1, -0.05) is 0 Å². The van der Waals surface area contributed by atoms with Crippen molar-refractivity contribution in [3.63, 3.8) is 0 Å². The number of hydrogen-bond acceptors (Lipinski definition) is 4. The van der Waals surface area contributed by atoms with Crippen LogP contribution in [0.25, 0.3) is 0 Å². The summed E-state index contributed by atoms with van der Waals surface area (Å²) in [5.74, 6) is 0.220. The van der Waals surface area contributed by atoms with E-state index in [1.54, 1.807) is 13.0 Å². The minimum atomic E-state index is -3.53. The molecular formula is C15H20N2O3S. The van der Waals surface area contributed by atoms with Crippen molar-refractivity contribution in [3.8, 4) is 6.07 Å². The number of rotatable bonds is 4. The first-order valence-electron chi connectivity index (χ1n) is 7.11. The molecule has 1 atom stereocenters. The molecule has 0 bridgehead atoms. The number of benzene rings is 1. The highest BCUT2D eigenvalue weighted by molar-refractivity contribution is 7.89. The van der Waals surface area contributed by atoms with Crippen LogP contribution in [0.5, 0.6) is 0 Å². The van der Waals surface area contributed by atoms with Crippen LogP contribution in [-0.4, -0.2) is 37.5 Å². The van der Waals surface area contributed by atoms with Crippen LogP contribution in [0.15, 0.2) is 23.1 Å². The summed E-state index contributed by atoms with van der Waals surface area (Å²) in [7, 11) is -3.53. The number of piperidine rings is 1. The third-order valence-corrected chi connectivity index (χ3v) is 5.97. The quantitative estimate of drug-likeness (QED) is 0.917. The van der Waals surface area contributed by atoms with Crippen molar-refractivity contribution >= 4 is 10.0 Å². The molecule has 5 nitrogen and oxygen atoms in total. The number of nitrogens with zero attached hydrogens (tertiary/aromatic N) is 2. The fourth-order valence-corrected chi connectivity index (χ4v) is 4.57. The summed E-state index contributed by atoms with van der Waals surface area (Å²) < 4.78 is 27.0. The van der Waals surface area contributed by atoms with E-state index >= 15 is 0 Å². The Morgan fingerprint density at radius 2 is 2.24 bits per heavy atom. The van der Waals surface area contributed by atoms with Crippen molar-refractivity contribution in [3.05, 3.63) is 29.3 Å². The lowest BCUT2D eigenvalue weighted by Gasteiger charge is -2.32. The van der Waals surface area contributed by atoms with Gasteiger partial charge in [-0.3, -0.25) is 0 Å². The second kappa shape index (κ2) is 6.56. The van der Waals surface area contributed by atoms with Gasteiger partial charge in [0.2, 0.25) is 10.0 Å². The van der Waals surface area contributed by atoms with Crippen LogP contribution in [0.3, 0.4) is 0 Å². The van der Waals surface area contributed by atoms with Gasteiger partial charge >= 0.3 is 0 Å². The third-order valence-electron chi connectivity index (χ3n) is 3.94. The fraction of sp³-hybridized carbons (Fsp3) is 0.533. The zero-order valence-electron chi connectivity index (χ0n) is 12.1. The molecule has 1 unspecified atom stereocenters. The summed E-state index contributed by atoms with van der Waals surface area (Å²) in [5, 5.41) is 17.9. The molecule has 6 heteroatoms. The molecule has 1 fully saturated rings. The van der Waals surface area contributed by atoms with Crippen LogP contribution >= 0.6 is 0 Å². The van der Waals surface area contributed by atoms with Crippen LogP contribution in [0.2, 0.25) is 0 Å². The van der Waals surface area contributed by atoms with Gasteiger partial charge in [-0.15, -0.1) is 0 Å². The standard InChI is InChI=1S/C15H20N2O3S/c1-12-9-14(10-16)4-5-15(12)21(19,20)17-7-2-3-13(11-17)6-8-18/h4-5,9,13,18H,2-3,6-8,11H2,1H3. The summed E-state index contributed by atoms with van der Waals surface area (Å²) in [4.78, 5) is 0.270. The van der Waals surface area contributed by atoms with Gasteiger partial charge in [0.1, 0.15) is 0 Å². The van der Waals surface area contributed by atoms with Gasteiger partial charge in [0.15, 0.2) is 0 Å². The van der Waals surface area contributed by atoms with Gasteiger partial charge in [0, 0.05) is 19.7 Å². The Bertz CT molecular complexity index is 647. The number of hydrogen-bond donors (Lipinski definition) is 1. The van der Waals surface area contributed by atoms with Gasteiger partial charge in [-0.2, -0.15) is 9.57 Å². The lowest BCUT2D eigenvalue weighted by Crippen LogP contribution is -2.40. The first-order chi connectivity index (χ1) is 9.98. The smallest absolute Gasteiger partial charge is 0.243 e. The van der Waals surface area contributed by atoms with E-state index in [0.717, 1.165) is 12.8 Å². The highest BCUT2D eigenvalue weighted by Gasteiger charge is 2.30. The monoisotopic (exact) mass is 308 g/mol. The molecule has 0 amide bonds. The Morgan fingerprint density at radius 3 is 2.86 bits per heavy atom. The normalized spacial score (nSPS) is 20.1. The molecule has 1 heterocycles. The van der Waals surface area contributed by atoms with E-state index < -0.39 is 10.0 Å². The first kappa shape index (κ1) is 16.0. The lowest BCUT2D eigenvalue weighted by atomic mass is 9.97. The van der Waals surface area contributed by atoms with E-state index in [1.165, 1.54) is 16.4 Å². The van der Waals surface area contributed by atoms with E-state index in [9.17, 15) is 8.42 Å². The molecular weight excluding hydrogens is 288 g/mol. The van der Waals surface area contributed by atoms with E-state index in [4.69, 9.17) is 10.4 Å². The average molecular weight is 308 g/mol. The molecule has 1 N–H and O–H groups in total. The van der Waals surface area contributed by atoms with Crippen LogP contribution in [0.4, 0.5) is 0 Å². The van der Waals surface area contributed by atoms with Crippen molar-refractivity contribution in [1.82, 2.24) is 4.31 Å². The number of sulfonamides is 1. The third kappa shape index (κ3) is 3.43. The summed E-state index contributed by atoms with van der Waals surface area (Å²) in [6.45, 7) is 2.78. The molecule has 0 spiro atoms. The second-order valence-corrected chi connectivity index (χ2v) is 7.38. The molecule has 1 aromatic carbocycles. The molecule has 0 aliphatic carbocycles. The maximum absolute atomic E-state index is 12.7. The molecule has 1 aliphatic rings. The SMILES string of the molecule is Cc1cc(C#N)ccc1S(=O)(=O)N1CCCC(CCO)C1. The number of aryl methyl sites for hydroxylation is 1. The van der Waals surface area contributed by atoms with Gasteiger partial charge in [0.05, 0.1) is 16.5 Å². The summed E-state index contributed by atoms with van der Waals surface area (Å²) >= 11 is 0. The fourth-order valence-electron chi connectivity index (χ4n) is 2.81. The van der Waals surface area contributed by atoms with E-state index in [2.05, 4.69) is 0 Å². The van der Waals surface area contributed by atoms with Crippen LogP contribution in [0, 0.1) is 24.2 Å². The van der Waals surface area contributed by atoms with Crippen LogP contribution in [0.1, 0.15) is 30.4 Å². The van der Waals surface area contributed by atoms with Crippen molar-refractivity contribution in [1.29, 1.82) is 5.26 Å². The van der Waals surface area contributed by atoms with Gasteiger partial charge in [-0.25, -0.2) is 8.42 Å². The molecule has 0 radical (unpaired) electrons. The average Bonchev–Trinajstić information content (AvgIpc) is 2.47. The molecule has 114 valence electrons. The lowest BCUT2D eigenvalue weighted by molar-refractivity contribution is 0.203. The molecule has 0 saturated carbocycles. The Kier molecular flexibility index (Phi) is 4.99. The highest BCUT2D eigenvalue weighted by Crippen LogP contribution is 2.27. The van der Waals surface area contributed by atoms with E-state index in [-0.39, 0.29) is 17.4 Å². The molecule has 1 aromatic rings. The zero-order valence-corrected chi connectivity index (χ0v) is 12.9. The van der Waals surface area contributed by atoms with Gasteiger partial charge in [-0.05, 0) is 55.9 Å². The largest absolute Gasteiger partial charge is 0.396 e. The summed E-state index contributed by atoms with van der Waals surface area (Å²) in [6, 6.07) is 6.66. The Labute approximate surface area is 125 Å². The Balaban J connectivity index is 2.27. The topological polar surface area (TPSA) is 81.4 Å². The van der Waals surface area contributed by atoms with Crippen LogP contribution in [-0.2, 0) is 10.0 Å². The molecule has 1 saturated heterocycles. The number of aliphatic hydroxyl groups excluding tert-OH is 1. The number of nitriles is 1. The molecule has 21 heavy (non-hydrogen) atoms. The van der Waals surface area contributed by atoms with Crippen LogP contribution < -0.4 is 0 Å². The van der Waals surface area contributed by atoms with E-state index in [1.807, 2.05) is 6.07 Å². The summed E-state index contributed by atoms with van der Waals surface area (Å²) in [5.41, 5.74) is 1.06. The minimum absolute atomic E-state index is 0.0917. The second-order valence-electron chi connectivity index (χ2n) is 5.48. The predicted molar refractivity (Wildman–Crippen MR) is 79.1 cm³/mol. The van der Waals surface area contributed by atoms with Crippen molar-refractivity contribution in [2.45, 2.75) is 31.1 Å². The van der Waals surface area contributed by atoms with Crippen molar-refractivity contribution in [2.24, 2.45) is 5.92 Å². The predicted octanol–water partition coefficient (Wildman–Crippen LogP) is 1.65. The van der Waals surface area contributed by atoms with E-state index in [0.29, 0.717) is 30.6 Å². The maximum atomic E-state index is 12.7. The molecule has 2 rings (SSSR count). The Hall–Kier alpha value is -1.42.